The lowest BCUT2D eigenvalue weighted by molar-refractivity contribution is -0.330. The fraction of sp³-hybridized carbons (Fsp3) is 0.433. The highest BCUT2D eigenvalue weighted by Crippen LogP contribution is 2.32. The number of benzene rings is 6. The summed E-state index contributed by atoms with van der Waals surface area (Å²) in [5.41, 5.74) is 5.41. The highest BCUT2D eigenvalue weighted by molar-refractivity contribution is 5.96. The van der Waals surface area contributed by atoms with Crippen molar-refractivity contribution in [1.82, 2.24) is 10.6 Å². The molecular formula is C67H84N2O11. The SMILES string of the molecule is CC[C@@H](O)[C@@H](OCc1ccccc1)[C@H](CO[C@H]1OC(COCc2ccccc2)[C@H](OCc2ccccc2)C(OCc2ccccc2)C1OCc1ccccc1)NC(=O)CCCCCCCCCCCNC(=O)c1ccccc1OC. The molecule has 1 saturated heterocycles. The van der Waals surface area contributed by atoms with Crippen LogP contribution >= 0.6 is 0 Å². The Balaban J connectivity index is 1.03. The van der Waals surface area contributed by atoms with Crippen LogP contribution in [0.5, 0.6) is 5.75 Å². The molecule has 1 aliphatic heterocycles. The third-order valence-corrected chi connectivity index (χ3v) is 14.3. The average Bonchev–Trinajstić information content (AvgIpc) is 3.54. The predicted molar refractivity (Wildman–Crippen MR) is 311 cm³/mol. The van der Waals surface area contributed by atoms with Crippen molar-refractivity contribution in [1.29, 1.82) is 0 Å². The number of methoxy groups -OCH3 is 1. The molecule has 2 amide bonds. The molecule has 13 nitrogen and oxygen atoms in total. The summed E-state index contributed by atoms with van der Waals surface area (Å²) in [7, 11) is 1.57. The maximum absolute atomic E-state index is 14.1. The number of nitrogens with one attached hydrogen (secondary N) is 2. The number of aliphatic hydroxyl groups excluding tert-OH is 1. The lowest BCUT2D eigenvalue weighted by Gasteiger charge is -2.46. The van der Waals surface area contributed by atoms with Gasteiger partial charge in [-0.25, -0.2) is 0 Å². The lowest BCUT2D eigenvalue weighted by atomic mass is 9.97. The fourth-order valence-electron chi connectivity index (χ4n) is 9.85. The van der Waals surface area contributed by atoms with Crippen LogP contribution in [-0.4, -0.2) is 92.7 Å². The van der Waals surface area contributed by atoms with Gasteiger partial charge in [-0.3, -0.25) is 9.59 Å². The van der Waals surface area contributed by atoms with E-state index in [0.29, 0.717) is 43.7 Å². The number of hydrogen-bond donors (Lipinski definition) is 3. The molecular weight excluding hydrogens is 1010 g/mol. The molecule has 6 aromatic carbocycles. The first-order valence-electron chi connectivity index (χ1n) is 28.8. The van der Waals surface area contributed by atoms with E-state index in [-0.39, 0.29) is 51.5 Å². The van der Waals surface area contributed by atoms with Crippen molar-refractivity contribution in [2.75, 3.05) is 26.9 Å². The second-order valence-corrected chi connectivity index (χ2v) is 20.5. The Morgan fingerprint density at radius 3 is 1.54 bits per heavy atom. The summed E-state index contributed by atoms with van der Waals surface area (Å²) in [6.07, 6.45) is 4.01. The van der Waals surface area contributed by atoms with Crippen LogP contribution in [0.3, 0.4) is 0 Å². The Morgan fingerprint density at radius 1 is 0.537 bits per heavy atom. The number of hydrogen-bond acceptors (Lipinski definition) is 11. The first-order valence-corrected chi connectivity index (χ1v) is 28.8. The van der Waals surface area contributed by atoms with Crippen LogP contribution in [0.1, 0.15) is 116 Å². The molecule has 7 rings (SSSR count). The van der Waals surface area contributed by atoms with Gasteiger partial charge in [0.05, 0.1) is 71.1 Å². The van der Waals surface area contributed by atoms with Crippen molar-refractivity contribution in [3.8, 4) is 5.75 Å². The van der Waals surface area contributed by atoms with E-state index < -0.39 is 49.0 Å². The molecule has 1 heterocycles. The van der Waals surface area contributed by atoms with Crippen LogP contribution in [0.15, 0.2) is 176 Å². The average molecular weight is 1090 g/mol. The highest BCUT2D eigenvalue weighted by atomic mass is 16.7. The number of para-hydroxylation sites is 1. The normalized spacial score (nSPS) is 18.2. The van der Waals surface area contributed by atoms with Gasteiger partial charge >= 0.3 is 0 Å². The Kier molecular flexibility index (Phi) is 27.2. The van der Waals surface area contributed by atoms with E-state index in [1.54, 1.807) is 19.2 Å². The molecule has 3 N–H and O–H groups in total. The van der Waals surface area contributed by atoms with Gasteiger partial charge in [-0.1, -0.05) is 216 Å². The predicted octanol–water partition coefficient (Wildman–Crippen LogP) is 11.9. The summed E-state index contributed by atoms with van der Waals surface area (Å²) in [5, 5.41) is 18.0. The van der Waals surface area contributed by atoms with E-state index in [0.717, 1.165) is 79.2 Å². The van der Waals surface area contributed by atoms with Crippen LogP contribution in [0.4, 0.5) is 0 Å². The van der Waals surface area contributed by atoms with Gasteiger partial charge in [0.2, 0.25) is 5.91 Å². The highest BCUT2D eigenvalue weighted by Gasteiger charge is 2.49. The van der Waals surface area contributed by atoms with Crippen molar-refractivity contribution in [3.63, 3.8) is 0 Å². The molecule has 13 heteroatoms. The number of amides is 2. The van der Waals surface area contributed by atoms with E-state index in [9.17, 15) is 14.7 Å². The lowest BCUT2D eigenvalue weighted by Crippen LogP contribution is -2.62. The van der Waals surface area contributed by atoms with E-state index in [2.05, 4.69) is 10.6 Å². The van der Waals surface area contributed by atoms with Crippen LogP contribution in [0, 0.1) is 0 Å². The second-order valence-electron chi connectivity index (χ2n) is 20.5. The zero-order valence-electron chi connectivity index (χ0n) is 46.8. The number of carbonyl (C=O) groups is 2. The van der Waals surface area contributed by atoms with Crippen molar-refractivity contribution in [3.05, 3.63) is 209 Å². The first kappa shape index (κ1) is 61.4. The zero-order chi connectivity index (χ0) is 55.8. The minimum atomic E-state index is -1.04. The van der Waals surface area contributed by atoms with Gasteiger partial charge in [-0.15, -0.1) is 0 Å². The summed E-state index contributed by atoms with van der Waals surface area (Å²) in [5.74, 6) is 0.306. The van der Waals surface area contributed by atoms with Crippen LogP contribution in [0.25, 0.3) is 0 Å². The summed E-state index contributed by atoms with van der Waals surface area (Å²) >= 11 is 0. The maximum Gasteiger partial charge on any atom is 0.255 e. The Morgan fingerprint density at radius 2 is 1.00 bits per heavy atom. The minimum absolute atomic E-state index is 0.0786. The number of rotatable bonds is 37. The van der Waals surface area contributed by atoms with Gasteiger partial charge in [0, 0.05) is 13.0 Å². The van der Waals surface area contributed by atoms with Crippen molar-refractivity contribution in [2.45, 2.75) is 160 Å². The second kappa shape index (κ2) is 35.5. The summed E-state index contributed by atoms with van der Waals surface area (Å²) in [4.78, 5) is 26.7. The summed E-state index contributed by atoms with van der Waals surface area (Å²) in [6, 6.07) is 56.2. The molecule has 0 spiro atoms. The molecule has 1 aliphatic rings. The van der Waals surface area contributed by atoms with E-state index in [1.807, 2.05) is 171 Å². The molecule has 0 saturated carbocycles. The number of ether oxygens (including phenoxy) is 8. The van der Waals surface area contributed by atoms with Gasteiger partial charge in [0.25, 0.3) is 5.91 Å². The smallest absolute Gasteiger partial charge is 0.255 e. The third-order valence-electron chi connectivity index (χ3n) is 14.3. The fourth-order valence-corrected chi connectivity index (χ4v) is 9.85. The largest absolute Gasteiger partial charge is 0.496 e. The molecule has 80 heavy (non-hydrogen) atoms. The quantitative estimate of drug-likeness (QED) is 0.0320. The molecule has 0 radical (unpaired) electrons. The summed E-state index contributed by atoms with van der Waals surface area (Å²) in [6.45, 7) is 3.93. The first-order chi connectivity index (χ1) is 39.4. The van der Waals surface area contributed by atoms with Gasteiger partial charge in [-0.2, -0.15) is 0 Å². The van der Waals surface area contributed by atoms with Gasteiger partial charge in [0.1, 0.15) is 36.3 Å². The Bertz CT molecular complexity index is 2600. The van der Waals surface area contributed by atoms with Crippen LogP contribution in [-0.2, 0) is 71.0 Å². The Hall–Kier alpha value is -6.26. The maximum atomic E-state index is 14.1. The zero-order valence-corrected chi connectivity index (χ0v) is 46.8. The number of aliphatic hydroxyl groups is 1. The van der Waals surface area contributed by atoms with Gasteiger partial charge < -0.3 is 53.6 Å². The van der Waals surface area contributed by atoms with Gasteiger partial charge in [-0.05, 0) is 59.2 Å². The van der Waals surface area contributed by atoms with E-state index in [4.69, 9.17) is 37.9 Å². The summed E-state index contributed by atoms with van der Waals surface area (Å²) < 4.78 is 53.1. The molecule has 1 fully saturated rings. The topological polar surface area (TPSA) is 152 Å². The molecule has 3 unspecified atom stereocenters. The van der Waals surface area contributed by atoms with Crippen LogP contribution in [0.2, 0.25) is 0 Å². The molecule has 0 bridgehead atoms. The molecule has 8 atom stereocenters. The van der Waals surface area contributed by atoms with Crippen molar-refractivity contribution >= 4 is 11.8 Å². The van der Waals surface area contributed by atoms with Gasteiger partial charge in [0.15, 0.2) is 6.29 Å². The minimum Gasteiger partial charge on any atom is -0.496 e. The molecule has 428 valence electrons. The van der Waals surface area contributed by atoms with E-state index in [1.165, 1.54) is 0 Å². The molecule has 0 aliphatic carbocycles. The standard InChI is InChI=1S/C67H84N2O11/c1-3-58(70)62(75-45-52-32-18-12-19-33-52)57(69-61(71)42-26-9-7-5-4-6-8-10-29-43-68-66(72)56-40-27-28-41-59(56)73-2)49-79-67-65(78-48-55-38-24-15-25-39-55)64(77-47-54-36-22-14-23-37-54)63(76-46-53-34-20-13-21-35-53)60(80-67)50-74-44-51-30-16-11-17-31-51/h11-25,27-28,30-41,57-58,60,62-65,67,70H,3-10,26,29,42-50H2,1-2H3,(H,68,72)(H,69,71)/t57-,58+,60?,62-,63-,64?,65?,67-/m0/s1. The van der Waals surface area contributed by atoms with Crippen molar-refractivity contribution < 1.29 is 52.6 Å². The monoisotopic (exact) mass is 1090 g/mol. The Labute approximate surface area is 474 Å². The number of carbonyl (C=O) groups excluding carboxylic acids is 2. The third kappa shape index (κ3) is 21.0. The van der Waals surface area contributed by atoms with Crippen LogP contribution < -0.4 is 15.4 Å². The number of unbranched alkanes of at least 4 members (excludes halogenated alkanes) is 8. The van der Waals surface area contributed by atoms with Crippen molar-refractivity contribution in [2.24, 2.45) is 0 Å². The van der Waals surface area contributed by atoms with E-state index >= 15 is 0 Å². The molecule has 6 aromatic rings. The molecule has 0 aromatic heterocycles.